The number of hydrogen-bond acceptors (Lipinski definition) is 3. The van der Waals surface area contributed by atoms with Crippen molar-refractivity contribution in [1.82, 2.24) is 10.6 Å². The van der Waals surface area contributed by atoms with Gasteiger partial charge in [0.05, 0.1) is 0 Å². The molecule has 0 radical (unpaired) electrons. The molecule has 5 heteroatoms. The van der Waals surface area contributed by atoms with Crippen molar-refractivity contribution in [3.05, 3.63) is 65.2 Å². The van der Waals surface area contributed by atoms with Crippen LogP contribution >= 0.6 is 0 Å². The van der Waals surface area contributed by atoms with Crippen LogP contribution in [0.3, 0.4) is 0 Å². The van der Waals surface area contributed by atoms with E-state index in [-0.39, 0.29) is 11.8 Å². The van der Waals surface area contributed by atoms with Crippen LogP contribution in [0.15, 0.2) is 48.5 Å². The van der Waals surface area contributed by atoms with E-state index in [0.29, 0.717) is 12.1 Å². The number of carbonyl (C=O) groups is 2. The molecule has 1 atom stereocenters. The smallest absolute Gasteiger partial charge is 0.251 e. The molecule has 0 saturated heterocycles. The van der Waals surface area contributed by atoms with Gasteiger partial charge in [-0.2, -0.15) is 0 Å². The van der Waals surface area contributed by atoms with Gasteiger partial charge in [-0.05, 0) is 37.6 Å². The number of amides is 2. The molecule has 0 heterocycles. The van der Waals surface area contributed by atoms with Crippen LogP contribution in [-0.2, 0) is 11.3 Å². The van der Waals surface area contributed by atoms with Gasteiger partial charge < -0.3 is 16.0 Å². The van der Waals surface area contributed by atoms with E-state index in [1.807, 2.05) is 37.3 Å². The summed E-state index contributed by atoms with van der Waals surface area (Å²) in [4.78, 5) is 23.9. The van der Waals surface area contributed by atoms with Crippen LogP contribution in [0.25, 0.3) is 0 Å². The first-order valence-corrected chi connectivity index (χ1v) is 7.91. The minimum absolute atomic E-state index is 0.0964. The van der Waals surface area contributed by atoms with Gasteiger partial charge in [0.1, 0.15) is 6.04 Å². The Kier molecular flexibility index (Phi) is 5.95. The van der Waals surface area contributed by atoms with Crippen LogP contribution < -0.4 is 16.0 Å². The van der Waals surface area contributed by atoms with Gasteiger partial charge in [0, 0.05) is 24.8 Å². The number of hydrogen-bond donors (Lipinski definition) is 3. The normalized spacial score (nSPS) is 11.5. The standard InChI is InChI=1S/C19H23N3O2/c1-13-7-9-15(10-8-13)12-21-18(23)14(2)22-17-6-4-5-16(11-17)19(24)20-3/h4-11,14,22H,12H2,1-3H3,(H,20,24)(H,21,23)/t14-/m1/s1. The van der Waals surface area contributed by atoms with Crippen molar-refractivity contribution in [1.29, 1.82) is 0 Å². The van der Waals surface area contributed by atoms with Gasteiger partial charge in [-0.3, -0.25) is 9.59 Å². The van der Waals surface area contributed by atoms with E-state index in [1.54, 1.807) is 32.2 Å². The molecule has 2 rings (SSSR count). The van der Waals surface area contributed by atoms with Gasteiger partial charge in [-0.1, -0.05) is 35.9 Å². The van der Waals surface area contributed by atoms with Gasteiger partial charge in [0.25, 0.3) is 5.91 Å². The summed E-state index contributed by atoms with van der Waals surface area (Å²) in [6, 6.07) is 14.7. The Hall–Kier alpha value is -2.82. The van der Waals surface area contributed by atoms with Gasteiger partial charge in [0.2, 0.25) is 5.91 Å². The predicted molar refractivity (Wildman–Crippen MR) is 95.9 cm³/mol. The highest BCUT2D eigenvalue weighted by Gasteiger charge is 2.13. The van der Waals surface area contributed by atoms with E-state index in [4.69, 9.17) is 0 Å². The highest BCUT2D eigenvalue weighted by atomic mass is 16.2. The summed E-state index contributed by atoms with van der Waals surface area (Å²) >= 11 is 0. The van der Waals surface area contributed by atoms with Crippen molar-refractivity contribution in [2.45, 2.75) is 26.4 Å². The average molecular weight is 325 g/mol. The largest absolute Gasteiger partial charge is 0.374 e. The third-order valence-corrected chi connectivity index (χ3v) is 3.72. The van der Waals surface area contributed by atoms with Crippen LogP contribution in [0.2, 0.25) is 0 Å². The average Bonchev–Trinajstić information content (AvgIpc) is 2.60. The quantitative estimate of drug-likeness (QED) is 0.764. The third-order valence-electron chi connectivity index (χ3n) is 3.72. The fraction of sp³-hybridized carbons (Fsp3) is 0.263. The Labute approximate surface area is 142 Å². The van der Waals surface area contributed by atoms with Crippen molar-refractivity contribution in [3.63, 3.8) is 0 Å². The second kappa shape index (κ2) is 8.15. The minimum Gasteiger partial charge on any atom is -0.374 e. The lowest BCUT2D eigenvalue weighted by molar-refractivity contribution is -0.121. The second-order valence-corrected chi connectivity index (χ2v) is 5.73. The minimum atomic E-state index is -0.407. The Bertz CT molecular complexity index is 711. The lowest BCUT2D eigenvalue weighted by Gasteiger charge is -2.16. The molecule has 0 aromatic heterocycles. The molecule has 126 valence electrons. The molecule has 0 aliphatic heterocycles. The number of nitrogens with one attached hydrogen (secondary N) is 3. The monoisotopic (exact) mass is 325 g/mol. The molecule has 0 aliphatic rings. The molecular formula is C19H23N3O2. The van der Waals surface area contributed by atoms with Crippen molar-refractivity contribution < 1.29 is 9.59 Å². The summed E-state index contributed by atoms with van der Waals surface area (Å²) < 4.78 is 0. The third kappa shape index (κ3) is 4.84. The highest BCUT2D eigenvalue weighted by Crippen LogP contribution is 2.12. The predicted octanol–water partition coefficient (Wildman–Crippen LogP) is 2.47. The topological polar surface area (TPSA) is 70.2 Å². The van der Waals surface area contributed by atoms with E-state index in [9.17, 15) is 9.59 Å². The second-order valence-electron chi connectivity index (χ2n) is 5.73. The molecule has 2 aromatic rings. The molecule has 0 fully saturated rings. The maximum absolute atomic E-state index is 12.2. The number of aryl methyl sites for hydroxylation is 1. The zero-order valence-electron chi connectivity index (χ0n) is 14.2. The fourth-order valence-electron chi connectivity index (χ4n) is 2.26. The van der Waals surface area contributed by atoms with Gasteiger partial charge in [-0.25, -0.2) is 0 Å². The summed E-state index contributed by atoms with van der Waals surface area (Å²) in [5.41, 5.74) is 3.53. The van der Waals surface area contributed by atoms with Crippen LogP contribution in [0.5, 0.6) is 0 Å². The lowest BCUT2D eigenvalue weighted by atomic mass is 10.1. The molecule has 3 N–H and O–H groups in total. The number of rotatable bonds is 6. The molecular weight excluding hydrogens is 302 g/mol. The Balaban J connectivity index is 1.91. The summed E-state index contributed by atoms with van der Waals surface area (Å²) in [7, 11) is 1.59. The Morgan fingerprint density at radius 3 is 2.46 bits per heavy atom. The lowest BCUT2D eigenvalue weighted by Crippen LogP contribution is -2.37. The summed E-state index contributed by atoms with van der Waals surface area (Å²) in [6.07, 6.45) is 0. The van der Waals surface area contributed by atoms with Gasteiger partial charge in [0.15, 0.2) is 0 Å². The maximum atomic E-state index is 12.2. The molecule has 0 spiro atoms. The zero-order chi connectivity index (χ0) is 17.5. The highest BCUT2D eigenvalue weighted by molar-refractivity contribution is 5.95. The number of anilines is 1. The molecule has 0 unspecified atom stereocenters. The molecule has 0 bridgehead atoms. The van der Waals surface area contributed by atoms with E-state index in [1.165, 1.54) is 5.56 Å². The van der Waals surface area contributed by atoms with Crippen molar-refractivity contribution in [2.24, 2.45) is 0 Å². The van der Waals surface area contributed by atoms with E-state index >= 15 is 0 Å². The van der Waals surface area contributed by atoms with Crippen LogP contribution in [0, 0.1) is 6.92 Å². The van der Waals surface area contributed by atoms with Crippen molar-refractivity contribution >= 4 is 17.5 Å². The van der Waals surface area contributed by atoms with E-state index in [0.717, 1.165) is 11.3 Å². The summed E-state index contributed by atoms with van der Waals surface area (Å²) in [5, 5.41) is 8.60. The van der Waals surface area contributed by atoms with Crippen LogP contribution in [0.4, 0.5) is 5.69 Å². The summed E-state index contributed by atoms with van der Waals surface area (Å²) in [6.45, 7) is 4.31. The first-order chi connectivity index (χ1) is 11.5. The number of benzene rings is 2. The zero-order valence-corrected chi connectivity index (χ0v) is 14.2. The van der Waals surface area contributed by atoms with Gasteiger partial charge >= 0.3 is 0 Å². The van der Waals surface area contributed by atoms with Crippen LogP contribution in [0.1, 0.15) is 28.4 Å². The Morgan fingerprint density at radius 2 is 1.79 bits per heavy atom. The van der Waals surface area contributed by atoms with Gasteiger partial charge in [-0.15, -0.1) is 0 Å². The molecule has 2 aromatic carbocycles. The number of carbonyl (C=O) groups excluding carboxylic acids is 2. The molecule has 0 aliphatic carbocycles. The van der Waals surface area contributed by atoms with Crippen molar-refractivity contribution in [2.75, 3.05) is 12.4 Å². The molecule has 0 saturated carbocycles. The summed E-state index contributed by atoms with van der Waals surface area (Å²) in [5.74, 6) is -0.254. The first-order valence-electron chi connectivity index (χ1n) is 7.91. The first kappa shape index (κ1) is 17.5. The SMILES string of the molecule is CNC(=O)c1cccc(N[C@H](C)C(=O)NCc2ccc(C)cc2)c1. The molecule has 2 amide bonds. The van der Waals surface area contributed by atoms with Crippen LogP contribution in [-0.4, -0.2) is 24.9 Å². The van der Waals surface area contributed by atoms with Crippen molar-refractivity contribution in [3.8, 4) is 0 Å². The molecule has 5 nitrogen and oxygen atoms in total. The molecule has 24 heavy (non-hydrogen) atoms. The fourth-order valence-corrected chi connectivity index (χ4v) is 2.26. The maximum Gasteiger partial charge on any atom is 0.251 e. The van der Waals surface area contributed by atoms with E-state index < -0.39 is 6.04 Å². The Morgan fingerprint density at radius 1 is 1.08 bits per heavy atom. The van der Waals surface area contributed by atoms with E-state index in [2.05, 4.69) is 16.0 Å².